The molecule has 8 nitrogen and oxygen atoms in total. The van der Waals surface area contributed by atoms with Crippen LogP contribution in [0.3, 0.4) is 0 Å². The second-order valence-corrected chi connectivity index (χ2v) is 14.3. The molecule has 0 spiro atoms. The average molecular weight is 531 g/mol. The Labute approximate surface area is 216 Å². The zero-order valence-corrected chi connectivity index (χ0v) is 23.1. The Hall–Kier alpha value is -0.550. The third-order valence-corrected chi connectivity index (χ3v) is 11.4. The van der Waals surface area contributed by atoms with Gasteiger partial charge in [0.15, 0.2) is 0 Å². The van der Waals surface area contributed by atoms with E-state index >= 15 is 0 Å². The van der Waals surface area contributed by atoms with Crippen molar-refractivity contribution in [2.75, 3.05) is 0 Å². The highest BCUT2D eigenvalue weighted by molar-refractivity contribution is 7.80. The summed E-state index contributed by atoms with van der Waals surface area (Å²) in [6, 6.07) is 0. The van der Waals surface area contributed by atoms with E-state index in [0.717, 1.165) is 12.8 Å². The number of aliphatic hydroxyl groups excluding tert-OH is 3. The number of rotatable bonds is 6. The second kappa shape index (κ2) is 9.57. The van der Waals surface area contributed by atoms with E-state index in [-0.39, 0.29) is 41.4 Å². The maximum Gasteiger partial charge on any atom is 0.397 e. The molecule has 0 radical (unpaired) electrons. The van der Waals surface area contributed by atoms with Gasteiger partial charge in [-0.25, -0.2) is 4.18 Å². The summed E-state index contributed by atoms with van der Waals surface area (Å²) in [7, 11) is -4.76. The molecule has 0 aromatic rings. The first-order valence-electron chi connectivity index (χ1n) is 13.6. The minimum Gasteiger partial charge on any atom is -0.393 e. The molecule has 12 unspecified atom stereocenters. The number of hydrogen-bond acceptors (Lipinski definition) is 7. The van der Waals surface area contributed by atoms with Gasteiger partial charge in [0.2, 0.25) is 0 Å². The maximum absolute atomic E-state index is 12.5. The molecule has 0 bridgehead atoms. The zero-order chi connectivity index (χ0) is 26.8. The fraction of sp³-hybridized carbons (Fsp3) is 0.926. The van der Waals surface area contributed by atoms with E-state index in [4.69, 9.17) is 4.18 Å². The first-order chi connectivity index (χ1) is 16.5. The normalized spacial score (nSPS) is 48.9. The first-order valence-corrected chi connectivity index (χ1v) is 15.0. The van der Waals surface area contributed by atoms with E-state index in [1.54, 1.807) is 6.08 Å². The van der Waals surface area contributed by atoms with Gasteiger partial charge in [-0.1, -0.05) is 46.8 Å². The summed E-state index contributed by atoms with van der Waals surface area (Å²) in [5, 5.41) is 44.4. The van der Waals surface area contributed by atoms with Gasteiger partial charge in [-0.2, -0.15) is 8.42 Å². The van der Waals surface area contributed by atoms with Gasteiger partial charge in [0, 0.05) is 12.3 Å². The van der Waals surface area contributed by atoms with Crippen molar-refractivity contribution in [3.05, 3.63) is 12.2 Å². The largest absolute Gasteiger partial charge is 0.397 e. The van der Waals surface area contributed by atoms with Crippen LogP contribution in [0.5, 0.6) is 0 Å². The standard InChI is InChI=1S/C27H46O8S/c1-15(2)20(29)7-6-16(3)18-13-22(35-36(32,33)34)24-26(18,5)11-9-23-25(4)10-8-17(28)12-19(25)21(30)14-27(23,24)31/h6-7,15-24,28-31H,8-14H2,1-5H3,(H,32,33,34). The lowest BCUT2D eigenvalue weighted by Crippen LogP contribution is -2.68. The molecule has 4 aliphatic carbocycles. The van der Waals surface area contributed by atoms with Crippen LogP contribution in [0.2, 0.25) is 0 Å². The van der Waals surface area contributed by atoms with E-state index in [1.165, 1.54) is 0 Å². The van der Waals surface area contributed by atoms with Crippen molar-refractivity contribution >= 4 is 10.4 Å². The predicted molar refractivity (Wildman–Crippen MR) is 135 cm³/mol. The molecule has 4 aliphatic rings. The molecule has 0 aromatic carbocycles. The Morgan fingerprint density at radius 1 is 1.00 bits per heavy atom. The molecule has 4 saturated carbocycles. The molecule has 0 amide bonds. The second-order valence-electron chi connectivity index (χ2n) is 13.3. The van der Waals surface area contributed by atoms with E-state index in [1.807, 2.05) is 26.8 Å². The van der Waals surface area contributed by atoms with Gasteiger partial charge in [0.25, 0.3) is 0 Å². The van der Waals surface area contributed by atoms with Crippen molar-refractivity contribution in [3.63, 3.8) is 0 Å². The van der Waals surface area contributed by atoms with Gasteiger partial charge in [0.05, 0.1) is 30.0 Å². The van der Waals surface area contributed by atoms with Crippen molar-refractivity contribution < 1.29 is 37.6 Å². The fourth-order valence-corrected chi connectivity index (χ4v) is 9.70. The molecule has 0 aromatic heterocycles. The van der Waals surface area contributed by atoms with Gasteiger partial charge in [0.1, 0.15) is 0 Å². The van der Waals surface area contributed by atoms with Gasteiger partial charge in [-0.05, 0) is 78.9 Å². The summed E-state index contributed by atoms with van der Waals surface area (Å²) in [4.78, 5) is 0. The summed E-state index contributed by atoms with van der Waals surface area (Å²) in [5.74, 6) is -0.912. The van der Waals surface area contributed by atoms with Crippen LogP contribution in [0.1, 0.15) is 79.6 Å². The van der Waals surface area contributed by atoms with Crippen LogP contribution in [0.4, 0.5) is 0 Å². The summed E-state index contributed by atoms with van der Waals surface area (Å²) >= 11 is 0. The lowest BCUT2D eigenvalue weighted by Gasteiger charge is -2.66. The Morgan fingerprint density at radius 2 is 1.64 bits per heavy atom. The molecule has 5 N–H and O–H groups in total. The van der Waals surface area contributed by atoms with Crippen LogP contribution < -0.4 is 0 Å². The Kier molecular flexibility index (Phi) is 7.57. The highest BCUT2D eigenvalue weighted by Crippen LogP contribution is 2.70. The molecule has 12 atom stereocenters. The molecule has 4 fully saturated rings. The molecule has 4 rings (SSSR count). The minimum absolute atomic E-state index is 0.0253. The molecule has 0 aliphatic heterocycles. The van der Waals surface area contributed by atoms with Crippen LogP contribution in [0.25, 0.3) is 0 Å². The smallest absolute Gasteiger partial charge is 0.393 e. The molecular formula is C27H46O8S. The van der Waals surface area contributed by atoms with Crippen LogP contribution in [-0.2, 0) is 14.6 Å². The van der Waals surface area contributed by atoms with E-state index in [2.05, 4.69) is 13.8 Å². The summed E-state index contributed by atoms with van der Waals surface area (Å²) < 4.78 is 38.8. The highest BCUT2D eigenvalue weighted by atomic mass is 32.3. The number of fused-ring (bicyclic) bond motifs is 5. The van der Waals surface area contributed by atoms with Crippen molar-refractivity contribution in [2.45, 2.75) is 110 Å². The molecule has 208 valence electrons. The van der Waals surface area contributed by atoms with Crippen LogP contribution >= 0.6 is 0 Å². The van der Waals surface area contributed by atoms with Crippen molar-refractivity contribution in [1.29, 1.82) is 0 Å². The minimum atomic E-state index is -4.76. The van der Waals surface area contributed by atoms with Crippen LogP contribution in [-0.4, -0.2) is 63.4 Å². The summed E-state index contributed by atoms with van der Waals surface area (Å²) in [6.45, 7) is 10.1. The van der Waals surface area contributed by atoms with Gasteiger partial charge in [-0.15, -0.1) is 0 Å². The highest BCUT2D eigenvalue weighted by Gasteiger charge is 2.71. The van der Waals surface area contributed by atoms with Gasteiger partial charge in [-0.3, -0.25) is 4.55 Å². The van der Waals surface area contributed by atoms with Crippen molar-refractivity contribution in [2.24, 2.45) is 46.3 Å². The fourth-order valence-electron chi connectivity index (χ4n) is 9.20. The SMILES string of the molecule is CC(C)C(O)C=CC(C)C1CC(OS(=O)(=O)O)C2C1(C)CCC1C3(C)CCC(O)CC3C(O)CC12O. The average Bonchev–Trinajstić information content (AvgIpc) is 3.04. The van der Waals surface area contributed by atoms with E-state index < -0.39 is 51.7 Å². The lowest BCUT2D eigenvalue weighted by atomic mass is 9.42. The third-order valence-electron chi connectivity index (χ3n) is 10.9. The molecule has 36 heavy (non-hydrogen) atoms. The van der Waals surface area contributed by atoms with Crippen LogP contribution in [0.15, 0.2) is 12.2 Å². The number of aliphatic hydroxyl groups is 4. The number of hydrogen-bond donors (Lipinski definition) is 5. The maximum atomic E-state index is 12.5. The summed E-state index contributed by atoms with van der Waals surface area (Å²) in [6.07, 6.45) is 4.69. The lowest BCUT2D eigenvalue weighted by molar-refractivity contribution is -0.261. The molecule has 9 heteroatoms. The van der Waals surface area contributed by atoms with Crippen LogP contribution in [0, 0.1) is 46.3 Å². The molecular weight excluding hydrogens is 484 g/mol. The first kappa shape index (κ1) is 28.5. The van der Waals surface area contributed by atoms with Gasteiger partial charge >= 0.3 is 10.4 Å². The Balaban J connectivity index is 1.73. The summed E-state index contributed by atoms with van der Waals surface area (Å²) in [5.41, 5.74) is -2.25. The zero-order valence-electron chi connectivity index (χ0n) is 22.2. The molecule has 0 heterocycles. The number of allylic oxidation sites excluding steroid dienone is 1. The monoisotopic (exact) mass is 530 g/mol. The van der Waals surface area contributed by atoms with Crippen molar-refractivity contribution in [3.8, 4) is 0 Å². The Bertz CT molecular complexity index is 951. The predicted octanol–water partition coefficient (Wildman–Crippen LogP) is 3.10. The molecule has 0 saturated heterocycles. The van der Waals surface area contributed by atoms with Crippen molar-refractivity contribution in [1.82, 2.24) is 0 Å². The third kappa shape index (κ3) is 4.71. The quantitative estimate of drug-likeness (QED) is 0.260. The van der Waals surface area contributed by atoms with E-state index in [0.29, 0.717) is 25.7 Å². The van der Waals surface area contributed by atoms with Gasteiger partial charge < -0.3 is 20.4 Å². The topological polar surface area (TPSA) is 145 Å². The Morgan fingerprint density at radius 3 is 2.25 bits per heavy atom. The van der Waals surface area contributed by atoms with E-state index in [9.17, 15) is 33.4 Å².